The summed E-state index contributed by atoms with van der Waals surface area (Å²) in [6.07, 6.45) is 0. The maximum Gasteiger partial charge on any atom is 0.0414 e. The van der Waals surface area contributed by atoms with Crippen molar-refractivity contribution in [3.05, 3.63) is 101 Å². The molecule has 0 aliphatic carbocycles. The quantitative estimate of drug-likeness (QED) is 0.198. The van der Waals surface area contributed by atoms with Crippen LogP contribution < -0.4 is 0 Å². The van der Waals surface area contributed by atoms with Crippen LogP contribution in [0.1, 0.15) is 69.4 Å². The lowest BCUT2D eigenvalue weighted by Gasteiger charge is -2.30. The molecule has 3 rings (SSSR count). The largest absolute Gasteiger partial charge is 0.143 e. The fourth-order valence-corrected chi connectivity index (χ4v) is 4.31. The van der Waals surface area contributed by atoms with Gasteiger partial charge < -0.3 is 0 Å². The van der Waals surface area contributed by atoms with Crippen molar-refractivity contribution in [2.75, 3.05) is 0 Å². The summed E-state index contributed by atoms with van der Waals surface area (Å²) < 4.78 is 0.152. The van der Waals surface area contributed by atoms with E-state index in [0.29, 0.717) is 0 Å². The molecule has 0 amide bonds. The summed E-state index contributed by atoms with van der Waals surface area (Å²) in [6.45, 7) is 13.7. The molecule has 0 fully saturated rings. The first-order chi connectivity index (χ1) is 13.4. The van der Waals surface area contributed by atoms with Gasteiger partial charge in [-0.25, -0.2) is 0 Å². The van der Waals surface area contributed by atoms with Gasteiger partial charge in [-0.2, -0.15) is 0 Å². The second kappa shape index (κ2) is 8.11. The van der Waals surface area contributed by atoms with E-state index in [1.165, 1.54) is 27.8 Å². The van der Waals surface area contributed by atoms with E-state index in [-0.39, 0.29) is 14.3 Å². The minimum Gasteiger partial charge on any atom is -0.143 e. The number of halogens is 1. The van der Waals surface area contributed by atoms with E-state index in [2.05, 4.69) is 150 Å². The highest BCUT2D eigenvalue weighted by molar-refractivity contribution is 14.1. The van der Waals surface area contributed by atoms with Crippen LogP contribution in [0.4, 0.5) is 0 Å². The lowest BCUT2D eigenvalue weighted by Crippen LogP contribution is -2.21. The van der Waals surface area contributed by atoms with Gasteiger partial charge >= 0.3 is 0 Å². The fraction of sp³-hybridized carbons (Fsp3) is 0.333. The number of thiol groups is 1. The summed E-state index contributed by atoms with van der Waals surface area (Å²) in [5.74, 6) is 0. The van der Waals surface area contributed by atoms with Gasteiger partial charge in [-0.3, -0.25) is 0 Å². The number of rotatable bonds is 5. The molecule has 0 atom stereocenters. The van der Waals surface area contributed by atoms with Crippen LogP contribution in [0, 0.1) is 0 Å². The maximum atomic E-state index is 4.42. The van der Waals surface area contributed by atoms with Crippen molar-refractivity contribution in [3.63, 3.8) is 0 Å². The first-order valence-corrected chi connectivity index (χ1v) is 11.7. The van der Waals surface area contributed by atoms with E-state index in [9.17, 15) is 0 Å². The number of alkyl halides is 1. The van der Waals surface area contributed by atoms with E-state index in [4.69, 9.17) is 0 Å². The molecule has 0 nitrogen and oxygen atoms in total. The Labute approximate surface area is 195 Å². The molecule has 29 heavy (non-hydrogen) atoms. The molecule has 3 aromatic rings. The normalized spacial score (nSPS) is 12.8. The molecule has 0 spiro atoms. The third-order valence-corrected chi connectivity index (χ3v) is 7.13. The molecule has 0 saturated heterocycles. The average Bonchev–Trinajstić information content (AvgIpc) is 2.68. The Hall–Kier alpha value is -1.26. The van der Waals surface area contributed by atoms with Gasteiger partial charge in [-0.05, 0) is 53.8 Å². The molecule has 0 aliphatic rings. The highest BCUT2D eigenvalue weighted by Gasteiger charge is 2.27. The molecule has 0 radical (unpaired) electrons. The second-order valence-electron chi connectivity index (χ2n) is 9.42. The van der Waals surface area contributed by atoms with Crippen LogP contribution >= 0.6 is 35.2 Å². The zero-order valence-corrected chi connectivity index (χ0v) is 21.3. The Morgan fingerprint density at radius 1 is 0.483 bits per heavy atom. The van der Waals surface area contributed by atoms with Gasteiger partial charge in [0, 0.05) is 19.1 Å². The third-order valence-electron chi connectivity index (χ3n) is 6.21. The first-order valence-electron chi connectivity index (χ1n) is 10.1. The number of hydrogen-bond donors (Lipinski definition) is 1. The summed E-state index contributed by atoms with van der Waals surface area (Å²) in [4.78, 5) is 0.999. The predicted molar refractivity (Wildman–Crippen MR) is 138 cm³/mol. The first kappa shape index (κ1) is 22.4. The molecule has 2 heteroatoms. The van der Waals surface area contributed by atoms with Gasteiger partial charge in [0.25, 0.3) is 0 Å². The third kappa shape index (κ3) is 4.74. The van der Waals surface area contributed by atoms with Crippen molar-refractivity contribution in [1.29, 1.82) is 0 Å². The molecule has 0 N–H and O–H groups in total. The SMILES string of the molecule is CC(C)(I)c1ccc(C(C)(C)c2ccc(C(C)(C)c3ccc(S)cc3)cc2)cc1. The van der Waals surface area contributed by atoms with E-state index in [1.54, 1.807) is 0 Å². The van der Waals surface area contributed by atoms with Crippen molar-refractivity contribution >= 4 is 35.2 Å². The zero-order valence-electron chi connectivity index (χ0n) is 18.3. The zero-order chi connectivity index (χ0) is 21.4. The van der Waals surface area contributed by atoms with E-state index in [0.717, 1.165) is 4.90 Å². The summed E-state index contributed by atoms with van der Waals surface area (Å²) in [7, 11) is 0. The van der Waals surface area contributed by atoms with Crippen LogP contribution in [0.2, 0.25) is 0 Å². The Morgan fingerprint density at radius 2 is 0.724 bits per heavy atom. The van der Waals surface area contributed by atoms with Gasteiger partial charge in [0.05, 0.1) is 0 Å². The summed E-state index contributed by atoms with van der Waals surface area (Å²) >= 11 is 6.92. The van der Waals surface area contributed by atoms with Crippen molar-refractivity contribution in [3.8, 4) is 0 Å². The van der Waals surface area contributed by atoms with Gasteiger partial charge in [0.2, 0.25) is 0 Å². The molecule has 0 bridgehead atoms. The maximum absolute atomic E-state index is 4.42. The Bertz CT molecular complexity index is 957. The van der Waals surface area contributed by atoms with Crippen LogP contribution in [-0.2, 0) is 14.3 Å². The van der Waals surface area contributed by atoms with Crippen LogP contribution in [0.3, 0.4) is 0 Å². The Balaban J connectivity index is 1.89. The predicted octanol–water partition coefficient (Wildman–Crippen LogP) is 8.30. The van der Waals surface area contributed by atoms with Crippen LogP contribution in [0.25, 0.3) is 0 Å². The molecule has 0 aromatic heterocycles. The van der Waals surface area contributed by atoms with Crippen molar-refractivity contribution in [1.82, 2.24) is 0 Å². The summed E-state index contributed by atoms with van der Waals surface area (Å²) in [6, 6.07) is 26.8. The lowest BCUT2D eigenvalue weighted by molar-refractivity contribution is 0.625. The standard InChI is InChI=1S/C27H31IS/c1-25(2,21-11-13-23(14-12-21)27(5,6)28)19-7-9-20(10-8-19)26(3,4)22-15-17-24(29)18-16-22/h7-18,29H,1-6H3. The van der Waals surface area contributed by atoms with Crippen LogP contribution in [0.5, 0.6) is 0 Å². The van der Waals surface area contributed by atoms with E-state index < -0.39 is 0 Å². The van der Waals surface area contributed by atoms with Gasteiger partial charge in [0.1, 0.15) is 0 Å². The van der Waals surface area contributed by atoms with Crippen LogP contribution in [-0.4, -0.2) is 0 Å². The van der Waals surface area contributed by atoms with Crippen LogP contribution in [0.15, 0.2) is 77.7 Å². The number of hydrogen-bond acceptors (Lipinski definition) is 1. The second-order valence-corrected chi connectivity index (χ2v) is 12.6. The highest BCUT2D eigenvalue weighted by atomic mass is 127. The van der Waals surface area contributed by atoms with Gasteiger partial charge in [-0.1, -0.05) is 111 Å². The fourth-order valence-electron chi connectivity index (χ4n) is 3.80. The van der Waals surface area contributed by atoms with E-state index >= 15 is 0 Å². The van der Waals surface area contributed by atoms with Gasteiger partial charge in [0.15, 0.2) is 0 Å². The number of benzene rings is 3. The lowest BCUT2D eigenvalue weighted by atomic mass is 9.74. The topological polar surface area (TPSA) is 0 Å². The Morgan fingerprint density at radius 3 is 1.00 bits per heavy atom. The molecule has 0 unspecified atom stereocenters. The minimum atomic E-state index is -0.0440. The average molecular weight is 515 g/mol. The van der Waals surface area contributed by atoms with E-state index in [1.807, 2.05) is 0 Å². The minimum absolute atomic E-state index is 0.0374. The summed E-state index contributed by atoms with van der Waals surface area (Å²) in [5.41, 5.74) is 6.59. The smallest absolute Gasteiger partial charge is 0.0414 e. The Kier molecular flexibility index (Phi) is 6.27. The molecular formula is C27H31IS. The molecule has 0 saturated carbocycles. The summed E-state index contributed by atoms with van der Waals surface area (Å²) in [5, 5.41) is 0. The molecule has 3 aromatic carbocycles. The van der Waals surface area contributed by atoms with Gasteiger partial charge in [-0.15, -0.1) is 12.6 Å². The van der Waals surface area contributed by atoms with Crippen molar-refractivity contribution < 1.29 is 0 Å². The highest BCUT2D eigenvalue weighted by Crippen LogP contribution is 2.37. The van der Waals surface area contributed by atoms with Crippen molar-refractivity contribution in [2.45, 2.75) is 60.7 Å². The molecule has 152 valence electrons. The molecule has 0 aliphatic heterocycles. The molecule has 0 heterocycles. The monoisotopic (exact) mass is 514 g/mol. The molecular weight excluding hydrogens is 483 g/mol. The van der Waals surface area contributed by atoms with Crippen molar-refractivity contribution in [2.24, 2.45) is 0 Å².